The third-order valence-corrected chi connectivity index (χ3v) is 1.83. The van der Waals surface area contributed by atoms with Crippen LogP contribution in [-0.2, 0) is 18.3 Å². The molecule has 1 aromatic rings. The Kier molecular flexibility index (Phi) is 2.91. The number of carboxylic acids is 1. The van der Waals surface area contributed by atoms with Gasteiger partial charge in [0.2, 0.25) is 0 Å². The summed E-state index contributed by atoms with van der Waals surface area (Å²) in [6.07, 6.45) is 3.48. The van der Waals surface area contributed by atoms with E-state index in [9.17, 15) is 4.79 Å². The lowest BCUT2D eigenvalue weighted by molar-refractivity contribution is -0.132. The normalized spacial score (nSPS) is 12.4. The summed E-state index contributed by atoms with van der Waals surface area (Å²) in [4.78, 5) is 10.7. The molecule has 0 aromatic carbocycles. The fraction of sp³-hybridized carbons (Fsp3) is 0.333. The molecule has 1 heterocycles. The molecule has 0 spiro atoms. The van der Waals surface area contributed by atoms with Crippen LogP contribution in [0.5, 0.6) is 0 Å². The molecule has 1 aromatic heterocycles. The average Bonchev–Trinajstić information content (AvgIpc) is 2.46. The van der Waals surface area contributed by atoms with Gasteiger partial charge in [-0.05, 0) is 12.5 Å². The van der Waals surface area contributed by atoms with E-state index >= 15 is 0 Å². The Morgan fingerprint density at radius 2 is 2.21 bits per heavy atom. The minimum atomic E-state index is -1.10. The van der Waals surface area contributed by atoms with Gasteiger partial charge in [-0.1, -0.05) is 0 Å². The van der Waals surface area contributed by atoms with Gasteiger partial charge in [-0.25, -0.2) is 4.79 Å². The molecule has 0 saturated heterocycles. The number of aliphatic hydroxyl groups is 1. The number of carbonyl (C=O) groups is 1. The van der Waals surface area contributed by atoms with E-state index < -0.39 is 5.97 Å². The van der Waals surface area contributed by atoms with E-state index in [0.29, 0.717) is 0 Å². The highest BCUT2D eigenvalue weighted by Gasteiger charge is 2.12. The molecule has 0 aliphatic heterocycles. The third kappa shape index (κ3) is 2.35. The lowest BCUT2D eigenvalue weighted by Crippen LogP contribution is -2.06. The second-order valence-electron chi connectivity index (χ2n) is 3.07. The zero-order chi connectivity index (χ0) is 10.7. The standard InChI is InChI=1S/C9H12N2O3/c1-6(12)8(9(13)14)3-7-4-10-11(2)5-7/h4-5,12H,3H2,1-2H3,(H,13,14). The summed E-state index contributed by atoms with van der Waals surface area (Å²) in [5.74, 6) is -1.27. The molecule has 0 fully saturated rings. The Balaban J connectivity index is 2.86. The second kappa shape index (κ2) is 3.95. The van der Waals surface area contributed by atoms with Gasteiger partial charge in [-0.15, -0.1) is 0 Å². The van der Waals surface area contributed by atoms with Crippen LogP contribution in [0.15, 0.2) is 23.7 Å². The maximum atomic E-state index is 10.7. The first-order chi connectivity index (χ1) is 6.50. The van der Waals surface area contributed by atoms with Gasteiger partial charge < -0.3 is 10.2 Å². The summed E-state index contributed by atoms with van der Waals surface area (Å²) in [6.45, 7) is 1.36. The highest BCUT2D eigenvalue weighted by Crippen LogP contribution is 2.10. The molecule has 0 bridgehead atoms. The van der Waals surface area contributed by atoms with Crippen LogP contribution >= 0.6 is 0 Å². The minimum Gasteiger partial charge on any atom is -0.512 e. The van der Waals surface area contributed by atoms with E-state index in [2.05, 4.69) is 5.10 Å². The summed E-state index contributed by atoms with van der Waals surface area (Å²) < 4.78 is 1.58. The second-order valence-corrected chi connectivity index (χ2v) is 3.07. The van der Waals surface area contributed by atoms with Crippen LogP contribution in [0.1, 0.15) is 12.5 Å². The summed E-state index contributed by atoms with van der Waals surface area (Å²) in [6, 6.07) is 0. The largest absolute Gasteiger partial charge is 0.512 e. The molecule has 0 saturated carbocycles. The Bertz CT molecular complexity index is 375. The number of nitrogens with zero attached hydrogens (tertiary/aromatic N) is 2. The van der Waals surface area contributed by atoms with Gasteiger partial charge in [0.15, 0.2) is 0 Å². The minimum absolute atomic E-state index is 0.00185. The van der Waals surface area contributed by atoms with E-state index in [1.165, 1.54) is 6.92 Å². The van der Waals surface area contributed by atoms with E-state index in [1.807, 2.05) is 0 Å². The number of aromatic nitrogens is 2. The first-order valence-corrected chi connectivity index (χ1v) is 4.10. The molecule has 2 N–H and O–H groups in total. The summed E-state index contributed by atoms with van der Waals surface area (Å²) >= 11 is 0. The smallest absolute Gasteiger partial charge is 0.335 e. The molecule has 5 nitrogen and oxygen atoms in total. The molecule has 0 aliphatic carbocycles. The van der Waals surface area contributed by atoms with Crippen molar-refractivity contribution in [3.63, 3.8) is 0 Å². The number of aliphatic hydroxyl groups excluding tert-OH is 1. The fourth-order valence-electron chi connectivity index (χ4n) is 1.13. The number of carboxylic acid groups (broad SMARTS) is 1. The molecule has 0 amide bonds. The Morgan fingerprint density at radius 3 is 2.57 bits per heavy atom. The van der Waals surface area contributed by atoms with Crippen molar-refractivity contribution >= 4 is 5.97 Å². The highest BCUT2D eigenvalue weighted by molar-refractivity contribution is 5.87. The predicted molar refractivity (Wildman–Crippen MR) is 49.9 cm³/mol. The highest BCUT2D eigenvalue weighted by atomic mass is 16.4. The van der Waals surface area contributed by atoms with Gasteiger partial charge in [0, 0.05) is 19.7 Å². The van der Waals surface area contributed by atoms with E-state index in [1.54, 1.807) is 24.1 Å². The lowest BCUT2D eigenvalue weighted by atomic mass is 10.1. The van der Waals surface area contributed by atoms with Crippen LogP contribution in [-0.4, -0.2) is 26.0 Å². The van der Waals surface area contributed by atoms with Crippen molar-refractivity contribution < 1.29 is 15.0 Å². The number of aryl methyl sites for hydroxylation is 1. The maximum absolute atomic E-state index is 10.7. The van der Waals surface area contributed by atoms with Crippen molar-refractivity contribution in [2.45, 2.75) is 13.3 Å². The van der Waals surface area contributed by atoms with Crippen molar-refractivity contribution in [1.29, 1.82) is 0 Å². The Hall–Kier alpha value is -1.78. The molecule has 1 rings (SSSR count). The zero-order valence-corrected chi connectivity index (χ0v) is 8.06. The van der Waals surface area contributed by atoms with Crippen LogP contribution in [0.2, 0.25) is 0 Å². The Labute approximate surface area is 81.3 Å². The molecule has 0 aliphatic rings. The molecular weight excluding hydrogens is 184 g/mol. The third-order valence-electron chi connectivity index (χ3n) is 1.83. The summed E-state index contributed by atoms with van der Waals surface area (Å²) in [5.41, 5.74) is 0.760. The number of allylic oxidation sites excluding steroid dienone is 1. The first kappa shape index (κ1) is 10.3. The van der Waals surface area contributed by atoms with Gasteiger partial charge >= 0.3 is 5.97 Å². The molecular formula is C9H12N2O3. The van der Waals surface area contributed by atoms with Crippen LogP contribution < -0.4 is 0 Å². The average molecular weight is 196 g/mol. The monoisotopic (exact) mass is 196 g/mol. The number of hydrogen-bond donors (Lipinski definition) is 2. The molecule has 5 heteroatoms. The SMILES string of the molecule is CC(O)=C(Cc1cnn(C)c1)C(=O)O. The van der Waals surface area contributed by atoms with Crippen LogP contribution in [0.25, 0.3) is 0 Å². The van der Waals surface area contributed by atoms with Gasteiger partial charge in [0.05, 0.1) is 17.5 Å². The molecule has 14 heavy (non-hydrogen) atoms. The molecule has 0 unspecified atom stereocenters. The fourth-order valence-corrected chi connectivity index (χ4v) is 1.13. The quantitative estimate of drug-likeness (QED) is 0.555. The van der Waals surface area contributed by atoms with Crippen molar-refractivity contribution in [3.8, 4) is 0 Å². The van der Waals surface area contributed by atoms with Crippen molar-refractivity contribution in [2.24, 2.45) is 7.05 Å². The number of hydrogen-bond acceptors (Lipinski definition) is 3. The van der Waals surface area contributed by atoms with Crippen LogP contribution in [0, 0.1) is 0 Å². The summed E-state index contributed by atoms with van der Waals surface area (Å²) in [7, 11) is 1.75. The molecule has 0 atom stereocenters. The van der Waals surface area contributed by atoms with E-state index in [-0.39, 0.29) is 17.8 Å². The maximum Gasteiger partial charge on any atom is 0.335 e. The zero-order valence-electron chi connectivity index (χ0n) is 8.06. The van der Waals surface area contributed by atoms with Crippen molar-refractivity contribution in [1.82, 2.24) is 9.78 Å². The van der Waals surface area contributed by atoms with Gasteiger partial charge in [0.1, 0.15) is 0 Å². The predicted octanol–water partition coefficient (Wildman–Crippen LogP) is 0.879. The van der Waals surface area contributed by atoms with Crippen molar-refractivity contribution in [2.75, 3.05) is 0 Å². The molecule has 0 radical (unpaired) electrons. The molecule has 76 valence electrons. The number of aliphatic carboxylic acids is 1. The van der Waals surface area contributed by atoms with Crippen LogP contribution in [0.3, 0.4) is 0 Å². The van der Waals surface area contributed by atoms with E-state index in [0.717, 1.165) is 5.56 Å². The van der Waals surface area contributed by atoms with Gasteiger partial charge in [-0.2, -0.15) is 5.10 Å². The van der Waals surface area contributed by atoms with Crippen molar-refractivity contribution in [3.05, 3.63) is 29.3 Å². The summed E-state index contributed by atoms with van der Waals surface area (Å²) in [5, 5.41) is 21.8. The number of rotatable bonds is 3. The van der Waals surface area contributed by atoms with E-state index in [4.69, 9.17) is 10.2 Å². The van der Waals surface area contributed by atoms with Gasteiger partial charge in [-0.3, -0.25) is 4.68 Å². The van der Waals surface area contributed by atoms with Crippen LogP contribution in [0.4, 0.5) is 0 Å². The first-order valence-electron chi connectivity index (χ1n) is 4.10. The Morgan fingerprint density at radius 1 is 1.57 bits per heavy atom. The van der Waals surface area contributed by atoms with Gasteiger partial charge in [0.25, 0.3) is 0 Å². The lowest BCUT2D eigenvalue weighted by Gasteiger charge is -2.00. The topological polar surface area (TPSA) is 75.4 Å².